The number of hydrogen-bond donors (Lipinski definition) is 1. The molecule has 0 aliphatic carbocycles. The van der Waals surface area contributed by atoms with Crippen LogP contribution in [0.2, 0.25) is 5.02 Å². The van der Waals surface area contributed by atoms with Crippen molar-refractivity contribution in [3.63, 3.8) is 0 Å². The van der Waals surface area contributed by atoms with Gasteiger partial charge in [-0.2, -0.15) is 13.2 Å². The van der Waals surface area contributed by atoms with E-state index in [0.717, 1.165) is 22.7 Å². The van der Waals surface area contributed by atoms with Crippen LogP contribution in [-0.4, -0.2) is 15.9 Å². The molecular formula is C22H19ClF3NO2S. The quantitative estimate of drug-likeness (QED) is 0.404. The average molecular weight is 454 g/mol. The number of hydrogen-bond acceptors (Lipinski definition) is 4. The van der Waals surface area contributed by atoms with Gasteiger partial charge in [-0.25, -0.2) is 4.98 Å². The van der Waals surface area contributed by atoms with Crippen molar-refractivity contribution >= 4 is 28.7 Å². The SMILES string of the molecule is CC(C)c1nc(-c2ccc(C(F)(F)F)cc2)sc1CCC(=O)c1ccc(O)c(Cl)c1. The van der Waals surface area contributed by atoms with E-state index >= 15 is 0 Å². The number of ketones is 1. The number of alkyl halides is 3. The second kappa shape index (κ2) is 8.78. The van der Waals surface area contributed by atoms with Crippen LogP contribution in [0.1, 0.15) is 52.7 Å². The first-order chi connectivity index (χ1) is 14.1. The fourth-order valence-corrected chi connectivity index (χ4v) is 4.37. The zero-order valence-electron chi connectivity index (χ0n) is 16.3. The Labute approximate surface area is 181 Å². The molecular weight excluding hydrogens is 435 g/mol. The van der Waals surface area contributed by atoms with Crippen LogP contribution in [-0.2, 0) is 12.6 Å². The molecule has 3 aromatic rings. The van der Waals surface area contributed by atoms with Gasteiger partial charge in [0.25, 0.3) is 0 Å². The highest BCUT2D eigenvalue weighted by Crippen LogP contribution is 2.35. The van der Waals surface area contributed by atoms with Gasteiger partial charge in [-0.15, -0.1) is 11.3 Å². The van der Waals surface area contributed by atoms with Gasteiger partial charge < -0.3 is 5.11 Å². The highest BCUT2D eigenvalue weighted by atomic mass is 35.5. The summed E-state index contributed by atoms with van der Waals surface area (Å²) < 4.78 is 38.4. The van der Waals surface area contributed by atoms with E-state index in [2.05, 4.69) is 4.98 Å². The van der Waals surface area contributed by atoms with Gasteiger partial charge in [-0.3, -0.25) is 4.79 Å². The van der Waals surface area contributed by atoms with Gasteiger partial charge in [0, 0.05) is 22.4 Å². The summed E-state index contributed by atoms with van der Waals surface area (Å²) in [6, 6.07) is 9.26. The van der Waals surface area contributed by atoms with Crippen molar-refractivity contribution in [2.24, 2.45) is 0 Å². The van der Waals surface area contributed by atoms with Crippen molar-refractivity contribution in [2.45, 2.75) is 38.8 Å². The predicted molar refractivity (Wildman–Crippen MR) is 112 cm³/mol. The van der Waals surface area contributed by atoms with Crippen LogP contribution >= 0.6 is 22.9 Å². The molecule has 0 fully saturated rings. The van der Waals surface area contributed by atoms with Crippen LogP contribution in [0.3, 0.4) is 0 Å². The summed E-state index contributed by atoms with van der Waals surface area (Å²) in [5, 5.41) is 10.2. The first kappa shape index (κ1) is 22.3. The van der Waals surface area contributed by atoms with Gasteiger partial charge in [0.05, 0.1) is 16.3 Å². The summed E-state index contributed by atoms with van der Waals surface area (Å²) in [7, 11) is 0. The average Bonchev–Trinajstić information content (AvgIpc) is 3.12. The molecule has 30 heavy (non-hydrogen) atoms. The van der Waals surface area contributed by atoms with E-state index in [1.54, 1.807) is 0 Å². The van der Waals surface area contributed by atoms with Crippen LogP contribution in [0.4, 0.5) is 13.2 Å². The summed E-state index contributed by atoms with van der Waals surface area (Å²) in [5.41, 5.74) is 1.16. The molecule has 1 aromatic heterocycles. The molecule has 3 nitrogen and oxygen atoms in total. The fraction of sp³-hybridized carbons (Fsp3) is 0.273. The molecule has 0 saturated heterocycles. The van der Waals surface area contributed by atoms with E-state index in [1.165, 1.54) is 41.7 Å². The molecule has 0 radical (unpaired) electrons. The first-order valence-electron chi connectivity index (χ1n) is 9.25. The molecule has 0 saturated carbocycles. The minimum absolute atomic E-state index is 0.0843. The monoisotopic (exact) mass is 453 g/mol. The zero-order valence-corrected chi connectivity index (χ0v) is 17.8. The lowest BCUT2D eigenvalue weighted by Crippen LogP contribution is -2.03. The second-order valence-electron chi connectivity index (χ2n) is 7.15. The second-order valence-corrected chi connectivity index (χ2v) is 8.64. The molecule has 1 heterocycles. The molecule has 1 N–H and O–H groups in total. The van der Waals surface area contributed by atoms with Crippen LogP contribution < -0.4 is 0 Å². The van der Waals surface area contributed by atoms with Gasteiger partial charge in [0.15, 0.2) is 5.78 Å². The van der Waals surface area contributed by atoms with Crippen LogP contribution in [0.25, 0.3) is 10.6 Å². The normalized spacial score (nSPS) is 11.8. The lowest BCUT2D eigenvalue weighted by molar-refractivity contribution is -0.137. The van der Waals surface area contributed by atoms with E-state index in [1.807, 2.05) is 13.8 Å². The first-order valence-corrected chi connectivity index (χ1v) is 10.4. The zero-order chi connectivity index (χ0) is 22.1. The highest BCUT2D eigenvalue weighted by molar-refractivity contribution is 7.15. The number of carbonyl (C=O) groups excluding carboxylic acids is 1. The van der Waals surface area contributed by atoms with Crippen LogP contribution in [0, 0.1) is 0 Å². The van der Waals surface area contributed by atoms with Crippen molar-refractivity contribution in [1.29, 1.82) is 0 Å². The van der Waals surface area contributed by atoms with Crippen molar-refractivity contribution in [3.05, 3.63) is 69.2 Å². The number of phenolic OH excluding ortho intramolecular Hbond substituents is 1. The maximum absolute atomic E-state index is 12.8. The van der Waals surface area contributed by atoms with E-state index in [4.69, 9.17) is 11.6 Å². The summed E-state index contributed by atoms with van der Waals surface area (Å²) >= 11 is 7.26. The number of nitrogens with zero attached hydrogens (tertiary/aromatic N) is 1. The number of carbonyl (C=O) groups is 1. The number of thiazole rings is 1. The third-order valence-electron chi connectivity index (χ3n) is 4.58. The fourth-order valence-electron chi connectivity index (χ4n) is 2.97. The van der Waals surface area contributed by atoms with E-state index in [-0.39, 0.29) is 28.9 Å². The number of phenols is 1. The third kappa shape index (κ3) is 5.02. The Bertz CT molecular complexity index is 1060. The smallest absolute Gasteiger partial charge is 0.416 e. The van der Waals surface area contributed by atoms with Gasteiger partial charge in [0.2, 0.25) is 0 Å². The molecule has 0 aliphatic rings. The minimum atomic E-state index is -4.38. The van der Waals surface area contributed by atoms with Crippen molar-refractivity contribution in [2.75, 3.05) is 0 Å². The molecule has 0 aliphatic heterocycles. The number of Topliss-reactive ketones (excluding diaryl/α,β-unsaturated/α-hetero) is 1. The maximum Gasteiger partial charge on any atom is 0.416 e. The predicted octanol–water partition coefficient (Wildman–Crippen LogP) is 7.13. The lowest BCUT2D eigenvalue weighted by atomic mass is 10.0. The molecule has 8 heteroatoms. The molecule has 0 amide bonds. The standard InChI is InChI=1S/C22H19ClF3NO2S/c1-12(2)20-19(10-9-17(28)14-5-8-18(29)16(23)11-14)30-21(27-20)13-3-6-15(7-4-13)22(24,25)26/h3-8,11-12,29H,9-10H2,1-2H3. The summed E-state index contributed by atoms with van der Waals surface area (Å²) in [6.45, 7) is 3.97. The lowest BCUT2D eigenvalue weighted by Gasteiger charge is -2.06. The highest BCUT2D eigenvalue weighted by Gasteiger charge is 2.30. The number of aromatic nitrogens is 1. The summed E-state index contributed by atoms with van der Waals surface area (Å²) in [4.78, 5) is 18.1. The number of halogens is 4. The molecule has 158 valence electrons. The van der Waals surface area contributed by atoms with Gasteiger partial charge in [0.1, 0.15) is 10.8 Å². The van der Waals surface area contributed by atoms with Gasteiger partial charge >= 0.3 is 6.18 Å². The summed E-state index contributed by atoms with van der Waals surface area (Å²) in [6.07, 6.45) is -3.69. The Kier molecular flexibility index (Phi) is 6.53. The number of aryl methyl sites for hydroxylation is 1. The third-order valence-corrected chi connectivity index (χ3v) is 6.07. The van der Waals surface area contributed by atoms with Crippen molar-refractivity contribution in [3.8, 4) is 16.3 Å². The molecule has 0 bridgehead atoms. The molecule has 0 spiro atoms. The van der Waals surface area contributed by atoms with Crippen LogP contribution in [0.5, 0.6) is 5.75 Å². The Morgan fingerprint density at radius 2 is 1.83 bits per heavy atom. The maximum atomic E-state index is 12.8. The molecule has 3 rings (SSSR count). The Hall–Kier alpha value is -2.38. The van der Waals surface area contributed by atoms with Crippen LogP contribution in [0.15, 0.2) is 42.5 Å². The Morgan fingerprint density at radius 3 is 2.40 bits per heavy atom. The molecule has 0 unspecified atom stereocenters. The number of aromatic hydroxyl groups is 1. The van der Waals surface area contributed by atoms with E-state index < -0.39 is 11.7 Å². The van der Waals surface area contributed by atoms with Crippen molar-refractivity contribution in [1.82, 2.24) is 4.98 Å². The van der Waals surface area contributed by atoms with E-state index in [9.17, 15) is 23.1 Å². The van der Waals surface area contributed by atoms with E-state index in [0.29, 0.717) is 22.6 Å². The number of rotatable bonds is 6. The summed E-state index contributed by atoms with van der Waals surface area (Å²) in [5.74, 6) is -0.0901. The molecule has 0 atom stereocenters. The van der Waals surface area contributed by atoms with Gasteiger partial charge in [-0.05, 0) is 42.7 Å². The minimum Gasteiger partial charge on any atom is -0.506 e. The van der Waals surface area contributed by atoms with Gasteiger partial charge in [-0.1, -0.05) is 37.6 Å². The topological polar surface area (TPSA) is 50.2 Å². The Morgan fingerprint density at radius 1 is 1.17 bits per heavy atom. The largest absolute Gasteiger partial charge is 0.506 e. The Balaban J connectivity index is 1.80. The number of benzene rings is 2. The van der Waals surface area contributed by atoms with Crippen molar-refractivity contribution < 1.29 is 23.1 Å². The molecule has 2 aromatic carbocycles.